The molecule has 0 bridgehead atoms. The zero-order valence-electron chi connectivity index (χ0n) is 9.58. The number of halogens is 1. The van der Waals surface area contributed by atoms with Gasteiger partial charge in [0, 0.05) is 10.6 Å². The number of hydrogen-bond donors (Lipinski definition) is 1. The van der Waals surface area contributed by atoms with Gasteiger partial charge in [-0.2, -0.15) is 0 Å². The van der Waals surface area contributed by atoms with Crippen molar-refractivity contribution in [2.45, 2.75) is 26.7 Å². The third kappa shape index (κ3) is 2.67. The topological polar surface area (TPSA) is 46.5 Å². The maximum absolute atomic E-state index is 11.0. The van der Waals surface area contributed by atoms with Crippen molar-refractivity contribution in [3.05, 3.63) is 28.3 Å². The molecule has 1 atom stereocenters. The van der Waals surface area contributed by atoms with E-state index in [4.69, 9.17) is 21.4 Å². The van der Waals surface area contributed by atoms with Crippen LogP contribution >= 0.6 is 11.6 Å². The predicted molar refractivity (Wildman–Crippen MR) is 63.4 cm³/mol. The Balaban J connectivity index is 3.28. The third-order valence-corrected chi connectivity index (χ3v) is 2.61. The molecule has 0 fully saturated rings. The number of carbonyl (C=O) groups is 1. The van der Waals surface area contributed by atoms with Gasteiger partial charge in [-0.25, -0.2) is 0 Å². The molecule has 4 heteroatoms. The molecule has 1 aromatic rings. The Morgan fingerprint density at radius 2 is 2.19 bits per heavy atom. The predicted octanol–water partition coefficient (Wildman–Crippen LogP) is 3.24. The van der Waals surface area contributed by atoms with Gasteiger partial charge in [0.15, 0.2) is 0 Å². The van der Waals surface area contributed by atoms with E-state index in [0.29, 0.717) is 22.9 Å². The van der Waals surface area contributed by atoms with E-state index in [1.807, 2.05) is 13.8 Å². The molecule has 1 aromatic carbocycles. The molecule has 88 valence electrons. The summed E-state index contributed by atoms with van der Waals surface area (Å²) in [5.74, 6) is -0.886. The van der Waals surface area contributed by atoms with Gasteiger partial charge in [-0.3, -0.25) is 4.79 Å². The number of aryl methyl sites for hydroxylation is 1. The van der Waals surface area contributed by atoms with Crippen molar-refractivity contribution in [2.24, 2.45) is 0 Å². The largest absolute Gasteiger partial charge is 0.493 e. The van der Waals surface area contributed by atoms with Crippen LogP contribution in [0.1, 0.15) is 30.9 Å². The van der Waals surface area contributed by atoms with Gasteiger partial charge in [0.2, 0.25) is 0 Å². The Kier molecular flexibility index (Phi) is 4.19. The lowest BCUT2D eigenvalue weighted by molar-refractivity contribution is -0.138. The molecule has 0 amide bonds. The number of carboxylic acid groups (broad SMARTS) is 1. The van der Waals surface area contributed by atoms with Gasteiger partial charge in [0.25, 0.3) is 0 Å². The summed E-state index contributed by atoms with van der Waals surface area (Å²) in [5.41, 5.74) is 1.48. The van der Waals surface area contributed by atoms with E-state index in [0.717, 1.165) is 5.56 Å². The average Bonchev–Trinajstić information content (AvgIpc) is 2.20. The van der Waals surface area contributed by atoms with Crippen LogP contribution in [0, 0.1) is 6.92 Å². The van der Waals surface area contributed by atoms with Gasteiger partial charge in [0.1, 0.15) is 5.75 Å². The number of ether oxygens (including phenoxy) is 1. The average molecular weight is 243 g/mol. The molecule has 0 saturated heterocycles. The van der Waals surface area contributed by atoms with E-state index >= 15 is 0 Å². The SMILES string of the molecule is CCOc1c(C)cc(Cl)cc1C(C)C(=O)O. The van der Waals surface area contributed by atoms with Crippen molar-refractivity contribution in [2.75, 3.05) is 6.61 Å². The molecule has 0 heterocycles. The van der Waals surface area contributed by atoms with Crippen LogP contribution in [-0.2, 0) is 4.79 Å². The third-order valence-electron chi connectivity index (χ3n) is 2.39. The standard InChI is InChI=1S/C12H15ClO3/c1-4-16-11-7(2)5-9(13)6-10(11)8(3)12(14)15/h5-6,8H,4H2,1-3H3,(H,14,15). The summed E-state index contributed by atoms with van der Waals surface area (Å²) < 4.78 is 5.47. The highest BCUT2D eigenvalue weighted by atomic mass is 35.5. The molecule has 3 nitrogen and oxygen atoms in total. The summed E-state index contributed by atoms with van der Waals surface area (Å²) in [6.07, 6.45) is 0. The van der Waals surface area contributed by atoms with Gasteiger partial charge in [0.05, 0.1) is 12.5 Å². The first-order valence-electron chi connectivity index (χ1n) is 5.13. The zero-order valence-corrected chi connectivity index (χ0v) is 10.3. The fourth-order valence-corrected chi connectivity index (χ4v) is 1.83. The Morgan fingerprint density at radius 3 is 2.69 bits per heavy atom. The highest BCUT2D eigenvalue weighted by Crippen LogP contribution is 2.33. The van der Waals surface area contributed by atoms with Crippen LogP contribution in [0.4, 0.5) is 0 Å². The van der Waals surface area contributed by atoms with Gasteiger partial charge in [-0.1, -0.05) is 11.6 Å². The Bertz CT molecular complexity index is 401. The van der Waals surface area contributed by atoms with Crippen LogP contribution < -0.4 is 4.74 Å². The first-order valence-corrected chi connectivity index (χ1v) is 5.50. The lowest BCUT2D eigenvalue weighted by Gasteiger charge is -2.16. The maximum atomic E-state index is 11.0. The highest BCUT2D eigenvalue weighted by molar-refractivity contribution is 6.30. The van der Waals surface area contributed by atoms with E-state index in [1.54, 1.807) is 19.1 Å². The molecule has 0 aliphatic heterocycles. The highest BCUT2D eigenvalue weighted by Gasteiger charge is 2.20. The molecule has 0 radical (unpaired) electrons. The number of carboxylic acids is 1. The monoisotopic (exact) mass is 242 g/mol. The molecule has 0 saturated carbocycles. The molecular formula is C12H15ClO3. The first kappa shape index (κ1) is 12.8. The van der Waals surface area contributed by atoms with E-state index in [2.05, 4.69) is 0 Å². The van der Waals surface area contributed by atoms with Crippen LogP contribution in [-0.4, -0.2) is 17.7 Å². The summed E-state index contributed by atoms with van der Waals surface area (Å²) >= 11 is 5.92. The van der Waals surface area contributed by atoms with Crippen LogP contribution in [0.2, 0.25) is 5.02 Å². The fraction of sp³-hybridized carbons (Fsp3) is 0.417. The minimum atomic E-state index is -0.886. The minimum absolute atomic E-state index is 0.502. The van der Waals surface area contributed by atoms with Crippen molar-refractivity contribution in [1.29, 1.82) is 0 Å². The molecule has 1 rings (SSSR count). The van der Waals surface area contributed by atoms with Gasteiger partial charge in [-0.05, 0) is 38.5 Å². The molecule has 0 aliphatic carbocycles. The smallest absolute Gasteiger partial charge is 0.310 e. The molecule has 1 unspecified atom stereocenters. The number of benzene rings is 1. The van der Waals surface area contributed by atoms with Crippen molar-refractivity contribution in [3.63, 3.8) is 0 Å². The second-order valence-electron chi connectivity index (χ2n) is 3.63. The van der Waals surface area contributed by atoms with Crippen molar-refractivity contribution < 1.29 is 14.6 Å². The molecule has 0 aliphatic rings. The van der Waals surface area contributed by atoms with Crippen LogP contribution in [0.15, 0.2) is 12.1 Å². The summed E-state index contributed by atoms with van der Waals surface area (Å²) in [6, 6.07) is 3.42. The van der Waals surface area contributed by atoms with Crippen LogP contribution in [0.5, 0.6) is 5.75 Å². The number of aliphatic carboxylic acids is 1. The molecule has 1 N–H and O–H groups in total. The van der Waals surface area contributed by atoms with E-state index in [9.17, 15) is 4.79 Å². The molecule has 0 aromatic heterocycles. The normalized spacial score (nSPS) is 12.2. The molecule has 16 heavy (non-hydrogen) atoms. The van der Waals surface area contributed by atoms with Crippen molar-refractivity contribution >= 4 is 17.6 Å². The summed E-state index contributed by atoms with van der Waals surface area (Å²) in [5, 5.41) is 9.54. The van der Waals surface area contributed by atoms with E-state index in [1.165, 1.54) is 0 Å². The maximum Gasteiger partial charge on any atom is 0.310 e. The van der Waals surface area contributed by atoms with E-state index < -0.39 is 11.9 Å². The van der Waals surface area contributed by atoms with E-state index in [-0.39, 0.29) is 0 Å². The minimum Gasteiger partial charge on any atom is -0.493 e. The summed E-state index contributed by atoms with van der Waals surface area (Å²) in [4.78, 5) is 11.0. The van der Waals surface area contributed by atoms with Crippen LogP contribution in [0.3, 0.4) is 0 Å². The fourth-order valence-electron chi connectivity index (χ4n) is 1.55. The van der Waals surface area contributed by atoms with Crippen molar-refractivity contribution in [1.82, 2.24) is 0 Å². The number of hydrogen-bond acceptors (Lipinski definition) is 2. The Hall–Kier alpha value is -1.22. The van der Waals surface area contributed by atoms with Gasteiger partial charge in [-0.15, -0.1) is 0 Å². The zero-order chi connectivity index (χ0) is 12.3. The lowest BCUT2D eigenvalue weighted by Crippen LogP contribution is -2.10. The second kappa shape index (κ2) is 5.21. The summed E-state index contributed by atoms with van der Waals surface area (Å²) in [7, 11) is 0. The molecular weight excluding hydrogens is 228 g/mol. The van der Waals surface area contributed by atoms with Gasteiger partial charge < -0.3 is 9.84 Å². The first-order chi connectivity index (χ1) is 7.47. The lowest BCUT2D eigenvalue weighted by atomic mass is 9.98. The summed E-state index contributed by atoms with van der Waals surface area (Å²) in [6.45, 7) is 5.84. The van der Waals surface area contributed by atoms with Crippen molar-refractivity contribution in [3.8, 4) is 5.75 Å². The Morgan fingerprint density at radius 1 is 1.56 bits per heavy atom. The quantitative estimate of drug-likeness (QED) is 0.882. The van der Waals surface area contributed by atoms with Crippen LogP contribution in [0.25, 0.3) is 0 Å². The van der Waals surface area contributed by atoms with Gasteiger partial charge >= 0.3 is 5.97 Å². The molecule has 0 spiro atoms. The number of rotatable bonds is 4. The Labute approximate surface area is 100.0 Å². The second-order valence-corrected chi connectivity index (χ2v) is 4.07.